The number of hydrogen-bond acceptors (Lipinski definition) is 7. The number of allylic oxidation sites excluding steroid dienone is 3. The Morgan fingerprint density at radius 2 is 1.93 bits per heavy atom. The standard InChI is InChI=1S/C18H14F3NO7S/c1-10(23)28-9-3-4-11-7-8-14-15-12(11)5-2-6-13(15)16(24)22(17(14)25)29-30(26,27)18(19,20)21/h2-7,14H,8-9H2,1H3/b4-3+/t14-/m0/s1. The van der Waals surface area contributed by atoms with Crippen molar-refractivity contribution in [2.75, 3.05) is 6.61 Å². The summed E-state index contributed by atoms with van der Waals surface area (Å²) in [6, 6.07) is 4.31. The topological polar surface area (TPSA) is 107 Å². The number of alkyl halides is 3. The van der Waals surface area contributed by atoms with Crippen molar-refractivity contribution < 1.29 is 45.0 Å². The fourth-order valence-corrected chi connectivity index (χ4v) is 3.56. The molecule has 0 N–H and O–H groups in total. The molecule has 0 unspecified atom stereocenters. The first kappa shape index (κ1) is 21.7. The largest absolute Gasteiger partial charge is 0.525 e. The van der Waals surface area contributed by atoms with Crippen LogP contribution in [-0.2, 0) is 28.7 Å². The summed E-state index contributed by atoms with van der Waals surface area (Å²) < 4.78 is 69.1. The lowest BCUT2D eigenvalue weighted by atomic mass is 9.77. The van der Waals surface area contributed by atoms with Crippen molar-refractivity contribution in [1.82, 2.24) is 5.06 Å². The van der Waals surface area contributed by atoms with E-state index in [9.17, 15) is 36.0 Å². The first-order valence-electron chi connectivity index (χ1n) is 8.46. The second-order valence-electron chi connectivity index (χ2n) is 6.33. The van der Waals surface area contributed by atoms with Crippen LogP contribution in [0.15, 0.2) is 36.4 Å². The van der Waals surface area contributed by atoms with E-state index in [1.54, 1.807) is 24.3 Å². The van der Waals surface area contributed by atoms with Crippen LogP contribution in [0.3, 0.4) is 0 Å². The SMILES string of the molecule is CC(=O)OC/C=C/C1=CC[C@@H]2C(=O)N(OS(=O)(=O)C(F)(F)F)C(=O)c3cccc1c32. The highest BCUT2D eigenvalue weighted by molar-refractivity contribution is 7.87. The zero-order valence-corrected chi connectivity index (χ0v) is 16.1. The number of hydrogen-bond donors (Lipinski definition) is 0. The van der Waals surface area contributed by atoms with E-state index >= 15 is 0 Å². The molecular formula is C18H14F3NO7S. The van der Waals surface area contributed by atoms with E-state index in [4.69, 9.17) is 4.74 Å². The number of carbonyl (C=O) groups excluding carboxylic acids is 3. The van der Waals surface area contributed by atoms with Gasteiger partial charge in [0.2, 0.25) is 0 Å². The quantitative estimate of drug-likeness (QED) is 0.389. The van der Waals surface area contributed by atoms with Crippen LogP contribution >= 0.6 is 0 Å². The van der Waals surface area contributed by atoms with Gasteiger partial charge >= 0.3 is 21.6 Å². The molecule has 1 heterocycles. The molecule has 0 saturated carbocycles. The predicted octanol–water partition coefficient (Wildman–Crippen LogP) is 2.44. The van der Waals surface area contributed by atoms with Crippen molar-refractivity contribution in [3.05, 3.63) is 53.1 Å². The third-order valence-electron chi connectivity index (χ3n) is 4.39. The first-order chi connectivity index (χ1) is 13.9. The highest BCUT2D eigenvalue weighted by atomic mass is 32.2. The molecule has 1 aromatic rings. The van der Waals surface area contributed by atoms with Crippen molar-refractivity contribution in [3.63, 3.8) is 0 Å². The second-order valence-corrected chi connectivity index (χ2v) is 7.85. The van der Waals surface area contributed by atoms with E-state index in [1.165, 1.54) is 19.1 Å². The minimum atomic E-state index is -6.21. The fourth-order valence-electron chi connectivity index (χ4n) is 3.14. The average Bonchev–Trinajstić information content (AvgIpc) is 2.66. The number of amides is 2. The maximum atomic E-state index is 12.6. The highest BCUT2D eigenvalue weighted by Gasteiger charge is 2.52. The second kappa shape index (κ2) is 7.69. The summed E-state index contributed by atoms with van der Waals surface area (Å²) in [5.74, 6) is -4.10. The van der Waals surface area contributed by atoms with Crippen LogP contribution in [0.25, 0.3) is 5.57 Å². The van der Waals surface area contributed by atoms with Crippen molar-refractivity contribution in [1.29, 1.82) is 0 Å². The molecule has 160 valence electrons. The van der Waals surface area contributed by atoms with E-state index in [-0.39, 0.29) is 29.2 Å². The van der Waals surface area contributed by atoms with E-state index in [0.29, 0.717) is 11.1 Å². The van der Waals surface area contributed by atoms with E-state index < -0.39 is 39.3 Å². The summed E-state index contributed by atoms with van der Waals surface area (Å²) in [7, 11) is -6.21. The number of halogens is 3. The molecular weight excluding hydrogens is 431 g/mol. The molecule has 12 heteroatoms. The van der Waals surface area contributed by atoms with Crippen molar-refractivity contribution in [2.24, 2.45) is 0 Å². The van der Waals surface area contributed by atoms with E-state index in [0.717, 1.165) is 0 Å². The lowest BCUT2D eigenvalue weighted by Crippen LogP contribution is -2.48. The highest BCUT2D eigenvalue weighted by Crippen LogP contribution is 2.42. The average molecular weight is 445 g/mol. The lowest BCUT2D eigenvalue weighted by molar-refractivity contribution is -0.153. The summed E-state index contributed by atoms with van der Waals surface area (Å²) in [6.45, 7) is 1.25. The first-order valence-corrected chi connectivity index (χ1v) is 9.87. The maximum Gasteiger partial charge on any atom is 0.525 e. The van der Waals surface area contributed by atoms with Gasteiger partial charge in [-0.2, -0.15) is 21.6 Å². The van der Waals surface area contributed by atoms with Gasteiger partial charge in [-0.1, -0.05) is 24.3 Å². The summed E-state index contributed by atoms with van der Waals surface area (Å²) in [4.78, 5) is 36.0. The van der Waals surface area contributed by atoms with Crippen LogP contribution in [0.4, 0.5) is 13.2 Å². The van der Waals surface area contributed by atoms with Gasteiger partial charge in [0.15, 0.2) is 0 Å². The number of benzene rings is 1. The Labute approximate surface area is 168 Å². The zero-order chi connectivity index (χ0) is 22.3. The van der Waals surface area contributed by atoms with E-state index in [1.807, 2.05) is 0 Å². The van der Waals surface area contributed by atoms with Crippen LogP contribution in [0.5, 0.6) is 0 Å². The van der Waals surface area contributed by atoms with Gasteiger partial charge in [-0.15, -0.1) is 9.35 Å². The lowest BCUT2D eigenvalue weighted by Gasteiger charge is -2.34. The molecule has 0 aromatic heterocycles. The maximum absolute atomic E-state index is 12.6. The molecule has 0 bridgehead atoms. The Hall–Kier alpha value is -2.99. The van der Waals surface area contributed by atoms with Crippen LogP contribution < -0.4 is 0 Å². The number of esters is 1. The summed E-state index contributed by atoms with van der Waals surface area (Å²) >= 11 is 0. The Balaban J connectivity index is 1.96. The van der Waals surface area contributed by atoms with Crippen molar-refractivity contribution >= 4 is 33.5 Å². The molecule has 8 nitrogen and oxygen atoms in total. The van der Waals surface area contributed by atoms with E-state index in [2.05, 4.69) is 4.28 Å². The molecule has 1 atom stereocenters. The Morgan fingerprint density at radius 1 is 1.27 bits per heavy atom. The molecule has 1 aliphatic heterocycles. The number of rotatable bonds is 5. The minimum absolute atomic E-state index is 0.0000926. The number of carbonyl (C=O) groups is 3. The molecule has 2 amide bonds. The van der Waals surface area contributed by atoms with Gasteiger partial charge < -0.3 is 4.74 Å². The fraction of sp³-hybridized carbons (Fsp3) is 0.278. The van der Waals surface area contributed by atoms with Gasteiger partial charge in [-0.25, -0.2) is 0 Å². The van der Waals surface area contributed by atoms with Crippen molar-refractivity contribution in [2.45, 2.75) is 24.8 Å². The number of nitrogens with zero attached hydrogens (tertiary/aromatic N) is 1. The zero-order valence-electron chi connectivity index (χ0n) is 15.3. The Kier molecular flexibility index (Phi) is 5.56. The molecule has 2 aliphatic rings. The van der Waals surface area contributed by atoms with Crippen molar-refractivity contribution in [3.8, 4) is 0 Å². The van der Waals surface area contributed by atoms with Crippen LogP contribution in [-0.4, -0.2) is 43.4 Å². The van der Waals surface area contributed by atoms with Gasteiger partial charge in [0, 0.05) is 12.5 Å². The summed E-state index contributed by atoms with van der Waals surface area (Å²) in [5, 5.41) is -0.352. The molecule has 1 aromatic carbocycles. The predicted molar refractivity (Wildman–Crippen MR) is 94.8 cm³/mol. The Morgan fingerprint density at radius 3 is 2.57 bits per heavy atom. The third-order valence-corrected chi connectivity index (χ3v) is 5.30. The Bertz CT molecular complexity index is 1090. The summed E-state index contributed by atoms with van der Waals surface area (Å²) in [6.07, 6.45) is 4.76. The molecule has 0 spiro atoms. The molecule has 0 saturated heterocycles. The number of imide groups is 1. The van der Waals surface area contributed by atoms with Gasteiger partial charge in [-0.3, -0.25) is 14.4 Å². The van der Waals surface area contributed by atoms with Crippen LogP contribution in [0.1, 0.15) is 40.7 Å². The van der Waals surface area contributed by atoms with Crippen LogP contribution in [0.2, 0.25) is 0 Å². The molecule has 3 rings (SSSR count). The monoisotopic (exact) mass is 445 g/mol. The smallest absolute Gasteiger partial charge is 0.462 e. The minimum Gasteiger partial charge on any atom is -0.462 e. The number of hydroxylamine groups is 2. The van der Waals surface area contributed by atoms with Gasteiger partial charge in [0.05, 0.1) is 5.92 Å². The molecule has 1 aliphatic carbocycles. The summed E-state index contributed by atoms with van der Waals surface area (Å²) in [5.41, 5.74) is -4.60. The van der Waals surface area contributed by atoms with Gasteiger partial charge in [0.25, 0.3) is 11.8 Å². The molecule has 30 heavy (non-hydrogen) atoms. The van der Waals surface area contributed by atoms with Gasteiger partial charge in [-0.05, 0) is 35.3 Å². The third kappa shape index (κ3) is 3.87. The van der Waals surface area contributed by atoms with Gasteiger partial charge in [0.1, 0.15) is 6.61 Å². The van der Waals surface area contributed by atoms with Crippen LogP contribution in [0, 0.1) is 0 Å². The normalized spacial score (nSPS) is 19.0. The number of ether oxygens (including phenoxy) is 1. The molecule has 0 fully saturated rings. The molecule has 0 radical (unpaired) electrons.